The van der Waals surface area contributed by atoms with Gasteiger partial charge in [-0.15, -0.1) is 0 Å². The van der Waals surface area contributed by atoms with Gasteiger partial charge in [0.1, 0.15) is 35.7 Å². The number of aryl methyl sites for hydroxylation is 1. The summed E-state index contributed by atoms with van der Waals surface area (Å²) in [7, 11) is 1.58. The summed E-state index contributed by atoms with van der Waals surface area (Å²) < 4.78 is 17.3. The van der Waals surface area contributed by atoms with Crippen molar-refractivity contribution in [2.45, 2.75) is 90.0 Å². The van der Waals surface area contributed by atoms with Crippen LogP contribution in [0.1, 0.15) is 65.0 Å². The van der Waals surface area contributed by atoms with Crippen molar-refractivity contribution in [3.05, 3.63) is 23.9 Å². The summed E-state index contributed by atoms with van der Waals surface area (Å²) in [5, 5.41) is 12.7. The molecular weight excluding hydrogens is 516 g/mol. The molecule has 2 aliphatic heterocycles. The zero-order valence-corrected chi connectivity index (χ0v) is 23.5. The van der Waals surface area contributed by atoms with Crippen LogP contribution >= 0.6 is 0 Å². The Balaban J connectivity index is 1.48. The Kier molecular flexibility index (Phi) is 7.74. The quantitative estimate of drug-likeness (QED) is 0.568. The lowest BCUT2D eigenvalue weighted by atomic mass is 9.85. The Labute approximate surface area is 233 Å². The summed E-state index contributed by atoms with van der Waals surface area (Å²) in [6, 6.07) is 3.40. The summed E-state index contributed by atoms with van der Waals surface area (Å²) >= 11 is 0. The van der Waals surface area contributed by atoms with E-state index in [1.807, 2.05) is 32.9 Å². The third kappa shape index (κ3) is 6.08. The number of aliphatic carboxylic acids is 1. The number of carbonyl (C=O) groups excluding carboxylic acids is 2. The van der Waals surface area contributed by atoms with Crippen LogP contribution in [-0.2, 0) is 20.7 Å². The van der Waals surface area contributed by atoms with Crippen LogP contribution in [0.5, 0.6) is 11.6 Å². The molecule has 11 nitrogen and oxygen atoms in total. The highest BCUT2D eigenvalue weighted by molar-refractivity contribution is 5.90. The van der Waals surface area contributed by atoms with Gasteiger partial charge in [0.15, 0.2) is 0 Å². The largest absolute Gasteiger partial charge is 0.497 e. The highest BCUT2D eigenvalue weighted by Gasteiger charge is 2.47. The molecule has 2 aromatic rings. The van der Waals surface area contributed by atoms with Crippen LogP contribution in [0.2, 0.25) is 0 Å². The van der Waals surface area contributed by atoms with E-state index in [1.54, 1.807) is 13.2 Å². The molecule has 2 bridgehead atoms. The van der Waals surface area contributed by atoms with Gasteiger partial charge in [0.05, 0.1) is 24.7 Å². The molecule has 5 rings (SSSR count). The number of nitrogens with one attached hydrogen (secondary N) is 1. The van der Waals surface area contributed by atoms with Crippen molar-refractivity contribution < 1.29 is 33.7 Å². The monoisotopic (exact) mass is 554 g/mol. The molecule has 2 amide bonds. The Morgan fingerprint density at radius 1 is 1.10 bits per heavy atom. The molecule has 11 heteroatoms. The first-order valence-electron chi connectivity index (χ1n) is 14.0. The molecule has 0 radical (unpaired) electrons. The lowest BCUT2D eigenvalue weighted by Crippen LogP contribution is -2.57. The topological polar surface area (TPSA) is 140 Å². The van der Waals surface area contributed by atoms with Gasteiger partial charge < -0.3 is 29.5 Å². The minimum absolute atomic E-state index is 0.0427. The van der Waals surface area contributed by atoms with E-state index in [9.17, 15) is 19.5 Å². The Morgan fingerprint density at radius 3 is 2.62 bits per heavy atom. The number of carbonyl (C=O) groups is 3. The maximum Gasteiger partial charge on any atom is 0.408 e. The number of carboxylic acids is 1. The first-order chi connectivity index (χ1) is 19.0. The number of hydrogen-bond donors (Lipinski definition) is 2. The molecule has 1 aliphatic carbocycles. The van der Waals surface area contributed by atoms with E-state index < -0.39 is 41.6 Å². The van der Waals surface area contributed by atoms with Crippen molar-refractivity contribution in [3.8, 4) is 11.6 Å². The number of methoxy groups -OCH3 is 1. The number of benzene rings is 1. The van der Waals surface area contributed by atoms with E-state index in [1.165, 1.54) is 4.90 Å². The number of hydrogen-bond acceptors (Lipinski definition) is 8. The van der Waals surface area contributed by atoms with Crippen molar-refractivity contribution in [1.82, 2.24) is 20.2 Å². The number of ether oxygens (including phenoxy) is 3. The molecule has 0 spiro atoms. The van der Waals surface area contributed by atoms with Gasteiger partial charge >= 0.3 is 12.1 Å². The first-order valence-corrected chi connectivity index (χ1v) is 14.0. The number of alkyl carbamates (subject to hydrolysis) is 1. The van der Waals surface area contributed by atoms with Crippen molar-refractivity contribution in [3.63, 3.8) is 0 Å². The fourth-order valence-electron chi connectivity index (χ4n) is 5.60. The standard InChI is InChI=1S/C29H38N4O7/c1-29(2,3)24-26(34)33-15-18(14-22(33)27(35)36)39-25-20(30-19-11-10-17(38-4)13-21(19)31-25)9-7-5-6-8-16-12-23(16)40-28(37)32-24/h10-11,13,16,18,22-24H,5-9,12,14-15H2,1-4H3,(H,32,37)(H,35,36)/t16?,18-,22?,23-,24?/m1/s1. The normalized spacial score (nSPS) is 27.8. The second kappa shape index (κ2) is 11.1. The maximum absolute atomic E-state index is 13.8. The molecule has 216 valence electrons. The van der Waals surface area contributed by atoms with E-state index in [2.05, 4.69) is 5.32 Å². The summed E-state index contributed by atoms with van der Waals surface area (Å²) in [6.07, 6.45) is 3.97. The van der Waals surface area contributed by atoms with Crippen molar-refractivity contribution >= 4 is 29.0 Å². The number of aromatic nitrogens is 2. The van der Waals surface area contributed by atoms with Crippen molar-refractivity contribution in [2.75, 3.05) is 13.7 Å². The summed E-state index contributed by atoms with van der Waals surface area (Å²) in [5.74, 6) is -0.301. The Hall–Kier alpha value is -3.63. The van der Waals surface area contributed by atoms with Crippen molar-refractivity contribution in [1.29, 1.82) is 0 Å². The van der Waals surface area contributed by atoms with Crippen LogP contribution in [-0.4, -0.2) is 75.9 Å². The molecule has 3 heterocycles. The zero-order chi connectivity index (χ0) is 28.6. The molecule has 3 aliphatic rings. The average Bonchev–Trinajstić information content (AvgIpc) is 3.48. The van der Waals surface area contributed by atoms with E-state index in [0.29, 0.717) is 35.2 Å². The lowest BCUT2D eigenvalue weighted by Gasteiger charge is -2.34. The van der Waals surface area contributed by atoms with Crippen LogP contribution in [0, 0.1) is 11.3 Å². The van der Waals surface area contributed by atoms with Crippen LogP contribution < -0.4 is 14.8 Å². The summed E-state index contributed by atoms with van der Waals surface area (Å²) in [6.45, 7) is 5.52. The Bertz CT molecular complexity index is 1290. The third-order valence-corrected chi connectivity index (χ3v) is 8.00. The van der Waals surface area contributed by atoms with E-state index in [4.69, 9.17) is 24.2 Å². The smallest absolute Gasteiger partial charge is 0.408 e. The van der Waals surface area contributed by atoms with Crippen molar-refractivity contribution in [2.24, 2.45) is 11.3 Å². The van der Waals surface area contributed by atoms with E-state index >= 15 is 0 Å². The van der Waals surface area contributed by atoms with Crippen LogP contribution in [0.15, 0.2) is 18.2 Å². The molecule has 1 aromatic carbocycles. The average molecular weight is 555 g/mol. The first kappa shape index (κ1) is 27.9. The lowest BCUT2D eigenvalue weighted by molar-refractivity contribution is -0.150. The van der Waals surface area contributed by atoms with Gasteiger partial charge in [0.25, 0.3) is 0 Å². The summed E-state index contributed by atoms with van der Waals surface area (Å²) in [4.78, 5) is 49.7. The number of amides is 2. The number of rotatable bonds is 2. The van der Waals surface area contributed by atoms with Crippen LogP contribution in [0.4, 0.5) is 4.79 Å². The molecule has 2 fully saturated rings. The zero-order valence-electron chi connectivity index (χ0n) is 23.5. The fraction of sp³-hybridized carbons (Fsp3) is 0.621. The van der Waals surface area contributed by atoms with E-state index in [-0.39, 0.29) is 19.1 Å². The fourth-order valence-corrected chi connectivity index (χ4v) is 5.60. The maximum atomic E-state index is 13.8. The second-order valence-electron chi connectivity index (χ2n) is 12.1. The van der Waals surface area contributed by atoms with Crippen LogP contribution in [0.25, 0.3) is 11.0 Å². The molecule has 40 heavy (non-hydrogen) atoms. The molecule has 1 saturated heterocycles. The molecule has 1 aromatic heterocycles. The van der Waals surface area contributed by atoms with Gasteiger partial charge in [0, 0.05) is 12.5 Å². The predicted octanol–water partition coefficient (Wildman–Crippen LogP) is 3.72. The third-order valence-electron chi connectivity index (χ3n) is 8.00. The van der Waals surface area contributed by atoms with E-state index in [0.717, 1.165) is 37.6 Å². The minimum atomic E-state index is -1.13. The Morgan fingerprint density at radius 2 is 1.90 bits per heavy atom. The minimum Gasteiger partial charge on any atom is -0.497 e. The van der Waals surface area contributed by atoms with Crippen LogP contribution in [0.3, 0.4) is 0 Å². The van der Waals surface area contributed by atoms with Gasteiger partial charge in [-0.25, -0.2) is 19.6 Å². The number of carboxylic acid groups (broad SMARTS) is 1. The highest BCUT2D eigenvalue weighted by Crippen LogP contribution is 2.39. The molecule has 1 saturated carbocycles. The van der Waals surface area contributed by atoms with Gasteiger partial charge in [-0.2, -0.15) is 0 Å². The summed E-state index contributed by atoms with van der Waals surface area (Å²) in [5.41, 5.74) is 1.36. The molecule has 3 unspecified atom stereocenters. The number of nitrogens with zero attached hydrogens (tertiary/aromatic N) is 3. The highest BCUT2D eigenvalue weighted by atomic mass is 16.6. The predicted molar refractivity (Wildman–Crippen MR) is 145 cm³/mol. The van der Waals surface area contributed by atoms with Gasteiger partial charge in [0.2, 0.25) is 11.8 Å². The SMILES string of the molecule is COc1ccc2nc3c(nc2c1)O[C@@H]1CC(C(=O)O)N(C1)C(=O)C(C(C)(C)C)NC(=O)O[C@@H]1CC1CCCCC3. The molecule has 2 N–H and O–H groups in total. The molecular formula is C29H38N4O7. The number of fused-ring (bicyclic) bond motifs is 5. The van der Waals surface area contributed by atoms with Gasteiger partial charge in [-0.1, -0.05) is 33.6 Å². The molecule has 5 atom stereocenters. The van der Waals surface area contributed by atoms with Gasteiger partial charge in [-0.05, 0) is 49.1 Å². The van der Waals surface area contributed by atoms with Gasteiger partial charge in [-0.3, -0.25) is 4.79 Å². The second-order valence-corrected chi connectivity index (χ2v) is 12.1.